The Labute approximate surface area is 126 Å². The van der Waals surface area contributed by atoms with E-state index < -0.39 is 23.3 Å². The Bertz CT molecular complexity index is 719. The number of rotatable bonds is 4. The van der Waals surface area contributed by atoms with Crippen LogP contribution in [0.2, 0.25) is 0 Å². The first kappa shape index (κ1) is 15.4. The van der Waals surface area contributed by atoms with Crippen molar-refractivity contribution in [3.8, 4) is 0 Å². The molecule has 0 spiro atoms. The summed E-state index contributed by atoms with van der Waals surface area (Å²) < 4.78 is 12.8. The molecule has 0 aliphatic carbocycles. The molecule has 4 nitrogen and oxygen atoms in total. The number of anilines is 1. The molecular formula is C17H14FNO3. The molecule has 0 fully saturated rings. The third-order valence-electron chi connectivity index (χ3n) is 2.94. The van der Waals surface area contributed by atoms with Gasteiger partial charge in [-0.1, -0.05) is 17.7 Å². The van der Waals surface area contributed by atoms with Gasteiger partial charge in [-0.15, -0.1) is 0 Å². The van der Waals surface area contributed by atoms with Gasteiger partial charge in [-0.25, -0.2) is 4.39 Å². The fraction of sp³-hybridized carbons (Fsp3) is 0.0588. The summed E-state index contributed by atoms with van der Waals surface area (Å²) in [6.45, 7) is 1.90. The van der Waals surface area contributed by atoms with Crippen LogP contribution < -0.4 is 5.32 Å². The van der Waals surface area contributed by atoms with Crippen LogP contribution in [0.5, 0.6) is 0 Å². The second kappa shape index (κ2) is 6.67. The van der Waals surface area contributed by atoms with Crippen LogP contribution in [0.15, 0.2) is 54.6 Å². The standard InChI is InChI=1S/C17H14FNO3/c1-11-2-8-14(9-3-11)19-17(22)16(21)10-15(20)12-4-6-13(18)7-5-12/h2-10,20H,1H3,(H,19,22). The number of carbonyl (C=O) groups is 2. The van der Waals surface area contributed by atoms with E-state index >= 15 is 0 Å². The largest absolute Gasteiger partial charge is 0.507 e. The number of amides is 1. The van der Waals surface area contributed by atoms with Crippen molar-refractivity contribution in [2.45, 2.75) is 6.92 Å². The van der Waals surface area contributed by atoms with Crippen LogP contribution in [0, 0.1) is 12.7 Å². The van der Waals surface area contributed by atoms with Crippen LogP contribution in [0.4, 0.5) is 10.1 Å². The molecule has 1 amide bonds. The molecule has 0 saturated carbocycles. The summed E-state index contributed by atoms with van der Waals surface area (Å²) >= 11 is 0. The van der Waals surface area contributed by atoms with Crippen LogP contribution in [0.25, 0.3) is 5.76 Å². The van der Waals surface area contributed by atoms with E-state index in [0.29, 0.717) is 5.69 Å². The highest BCUT2D eigenvalue weighted by atomic mass is 19.1. The van der Waals surface area contributed by atoms with Crippen LogP contribution in [-0.2, 0) is 9.59 Å². The molecule has 2 aromatic carbocycles. The first-order valence-electron chi connectivity index (χ1n) is 6.54. The van der Waals surface area contributed by atoms with Crippen molar-refractivity contribution in [3.05, 3.63) is 71.6 Å². The fourth-order valence-corrected chi connectivity index (χ4v) is 1.72. The van der Waals surface area contributed by atoms with Crippen LogP contribution in [0.1, 0.15) is 11.1 Å². The maximum atomic E-state index is 12.8. The van der Waals surface area contributed by atoms with Gasteiger partial charge in [0.25, 0.3) is 5.91 Å². The summed E-state index contributed by atoms with van der Waals surface area (Å²) in [5.41, 5.74) is 1.76. The number of hydrogen-bond acceptors (Lipinski definition) is 3. The van der Waals surface area contributed by atoms with Crippen molar-refractivity contribution < 1.29 is 19.1 Å². The molecule has 0 saturated heterocycles. The summed E-state index contributed by atoms with van der Waals surface area (Å²) in [5, 5.41) is 12.2. The first-order chi connectivity index (χ1) is 10.5. The average molecular weight is 299 g/mol. The average Bonchev–Trinajstić information content (AvgIpc) is 2.50. The van der Waals surface area contributed by atoms with E-state index in [4.69, 9.17) is 0 Å². The van der Waals surface area contributed by atoms with Crippen molar-refractivity contribution in [1.29, 1.82) is 0 Å². The molecule has 2 N–H and O–H groups in total. The van der Waals surface area contributed by atoms with Gasteiger partial charge < -0.3 is 10.4 Å². The molecule has 5 heteroatoms. The van der Waals surface area contributed by atoms with Crippen LogP contribution in [0.3, 0.4) is 0 Å². The molecular weight excluding hydrogens is 285 g/mol. The maximum absolute atomic E-state index is 12.8. The SMILES string of the molecule is Cc1ccc(NC(=O)C(=O)C=C(O)c2ccc(F)cc2)cc1. The maximum Gasteiger partial charge on any atom is 0.296 e. The van der Waals surface area contributed by atoms with E-state index in [9.17, 15) is 19.1 Å². The lowest BCUT2D eigenvalue weighted by molar-refractivity contribution is -0.131. The number of hydrogen-bond donors (Lipinski definition) is 2. The van der Waals surface area contributed by atoms with Crippen LogP contribution in [-0.4, -0.2) is 16.8 Å². The van der Waals surface area contributed by atoms with Gasteiger partial charge in [0.15, 0.2) is 0 Å². The van der Waals surface area contributed by atoms with E-state index in [-0.39, 0.29) is 5.56 Å². The minimum absolute atomic E-state index is 0.248. The number of aryl methyl sites for hydroxylation is 1. The molecule has 0 heterocycles. The normalized spacial score (nSPS) is 11.1. The van der Waals surface area contributed by atoms with Crippen molar-refractivity contribution in [2.24, 2.45) is 0 Å². The van der Waals surface area contributed by atoms with Gasteiger partial charge in [-0.05, 0) is 43.3 Å². The Morgan fingerprint density at radius 2 is 1.64 bits per heavy atom. The highest BCUT2D eigenvalue weighted by Gasteiger charge is 2.13. The monoisotopic (exact) mass is 299 g/mol. The summed E-state index contributed by atoms with van der Waals surface area (Å²) in [6, 6.07) is 11.9. The Hall–Kier alpha value is -2.95. The first-order valence-corrected chi connectivity index (χ1v) is 6.54. The molecule has 0 bridgehead atoms. The molecule has 0 aliphatic heterocycles. The second-order valence-corrected chi connectivity index (χ2v) is 4.72. The Kier molecular flexibility index (Phi) is 4.68. The lowest BCUT2D eigenvalue weighted by atomic mass is 10.1. The Balaban J connectivity index is 2.07. The van der Waals surface area contributed by atoms with Crippen molar-refractivity contribution in [1.82, 2.24) is 0 Å². The zero-order valence-electron chi connectivity index (χ0n) is 11.8. The van der Waals surface area contributed by atoms with Crippen LogP contribution >= 0.6 is 0 Å². The topological polar surface area (TPSA) is 66.4 Å². The summed E-state index contributed by atoms with van der Waals surface area (Å²) in [5.74, 6) is -2.62. The van der Waals surface area contributed by atoms with E-state index in [1.807, 2.05) is 6.92 Å². The summed E-state index contributed by atoms with van der Waals surface area (Å²) in [4.78, 5) is 23.5. The predicted molar refractivity (Wildman–Crippen MR) is 81.8 cm³/mol. The number of halogens is 1. The number of nitrogens with one attached hydrogen (secondary N) is 1. The highest BCUT2D eigenvalue weighted by molar-refractivity contribution is 6.45. The molecule has 22 heavy (non-hydrogen) atoms. The Morgan fingerprint density at radius 1 is 1.05 bits per heavy atom. The van der Waals surface area contributed by atoms with Gasteiger partial charge >= 0.3 is 0 Å². The van der Waals surface area contributed by atoms with Crippen molar-refractivity contribution >= 4 is 23.1 Å². The van der Waals surface area contributed by atoms with E-state index in [1.165, 1.54) is 12.1 Å². The van der Waals surface area contributed by atoms with Gasteiger partial charge in [0.2, 0.25) is 5.78 Å². The number of carbonyl (C=O) groups excluding carboxylic acids is 2. The quantitative estimate of drug-likeness (QED) is 0.517. The number of benzene rings is 2. The lowest BCUT2D eigenvalue weighted by Gasteiger charge is -2.04. The number of aliphatic hydroxyl groups excluding tert-OH is 1. The molecule has 112 valence electrons. The molecule has 0 atom stereocenters. The molecule has 0 aromatic heterocycles. The van der Waals surface area contributed by atoms with E-state index in [0.717, 1.165) is 23.8 Å². The van der Waals surface area contributed by atoms with E-state index in [1.54, 1.807) is 24.3 Å². The number of aliphatic hydroxyl groups is 1. The molecule has 2 rings (SSSR count). The highest BCUT2D eigenvalue weighted by Crippen LogP contribution is 2.13. The zero-order valence-corrected chi connectivity index (χ0v) is 11.8. The molecule has 0 radical (unpaired) electrons. The smallest absolute Gasteiger partial charge is 0.296 e. The Morgan fingerprint density at radius 3 is 2.23 bits per heavy atom. The molecule has 2 aromatic rings. The lowest BCUT2D eigenvalue weighted by Crippen LogP contribution is -2.21. The zero-order chi connectivity index (χ0) is 16.1. The van der Waals surface area contributed by atoms with Crippen molar-refractivity contribution in [2.75, 3.05) is 5.32 Å². The van der Waals surface area contributed by atoms with E-state index in [2.05, 4.69) is 5.32 Å². The minimum Gasteiger partial charge on any atom is -0.507 e. The molecule has 0 aliphatic rings. The second-order valence-electron chi connectivity index (χ2n) is 4.72. The van der Waals surface area contributed by atoms with Gasteiger partial charge in [-0.2, -0.15) is 0 Å². The third kappa shape index (κ3) is 4.02. The molecule has 0 unspecified atom stereocenters. The van der Waals surface area contributed by atoms with Crippen molar-refractivity contribution in [3.63, 3.8) is 0 Å². The number of ketones is 1. The predicted octanol–water partition coefficient (Wildman–Crippen LogP) is 3.24. The van der Waals surface area contributed by atoms with Gasteiger partial charge in [0, 0.05) is 17.3 Å². The fourth-order valence-electron chi connectivity index (χ4n) is 1.72. The summed E-state index contributed by atoms with van der Waals surface area (Å²) in [7, 11) is 0. The minimum atomic E-state index is -0.901. The third-order valence-corrected chi connectivity index (χ3v) is 2.94. The van der Waals surface area contributed by atoms with Gasteiger partial charge in [0.05, 0.1) is 0 Å². The summed E-state index contributed by atoms with van der Waals surface area (Å²) in [6.07, 6.45) is 0.802. The van der Waals surface area contributed by atoms with Gasteiger partial charge in [-0.3, -0.25) is 9.59 Å². The van der Waals surface area contributed by atoms with Gasteiger partial charge in [0.1, 0.15) is 11.6 Å².